The topological polar surface area (TPSA) is 57.6 Å². The average Bonchev–Trinajstić information content (AvgIpc) is 2.89. The van der Waals surface area contributed by atoms with Gasteiger partial charge in [-0.15, -0.1) is 0 Å². The first-order valence-electron chi connectivity index (χ1n) is 6.54. The van der Waals surface area contributed by atoms with Crippen LogP contribution in [0.25, 0.3) is 0 Å². The molecule has 2 bridgehead atoms. The highest BCUT2D eigenvalue weighted by molar-refractivity contribution is 5.85. The van der Waals surface area contributed by atoms with E-state index < -0.39 is 12.0 Å². The van der Waals surface area contributed by atoms with Crippen LogP contribution in [0.3, 0.4) is 0 Å². The lowest BCUT2D eigenvalue weighted by molar-refractivity contribution is -0.151. The highest BCUT2D eigenvalue weighted by atomic mass is 16.4. The zero-order valence-electron chi connectivity index (χ0n) is 10.6. The number of amides is 1. The van der Waals surface area contributed by atoms with E-state index in [-0.39, 0.29) is 11.8 Å². The Bertz CT molecular complexity index is 329. The van der Waals surface area contributed by atoms with E-state index in [1.807, 2.05) is 6.92 Å². The number of likely N-dealkylation sites (N-methyl/N-ethyl adjacent to an activating group) is 1. The third kappa shape index (κ3) is 2.17. The molecule has 2 fully saturated rings. The summed E-state index contributed by atoms with van der Waals surface area (Å²) in [7, 11) is 1.64. The Morgan fingerprint density at radius 3 is 2.47 bits per heavy atom. The second-order valence-electron chi connectivity index (χ2n) is 5.49. The highest BCUT2D eigenvalue weighted by Gasteiger charge is 2.45. The van der Waals surface area contributed by atoms with E-state index in [1.54, 1.807) is 7.05 Å². The first-order valence-corrected chi connectivity index (χ1v) is 6.54. The first-order chi connectivity index (χ1) is 8.04. The number of aliphatic carboxylic acids is 1. The van der Waals surface area contributed by atoms with E-state index in [0.29, 0.717) is 18.3 Å². The van der Waals surface area contributed by atoms with E-state index in [0.717, 1.165) is 12.8 Å². The third-order valence-corrected chi connectivity index (χ3v) is 4.54. The van der Waals surface area contributed by atoms with Crippen LogP contribution in [0, 0.1) is 17.8 Å². The molecule has 0 aliphatic heterocycles. The minimum absolute atomic E-state index is 0.0476. The molecule has 0 aromatic heterocycles. The molecule has 0 radical (unpaired) electrons. The van der Waals surface area contributed by atoms with Crippen LogP contribution in [0.15, 0.2) is 0 Å². The second-order valence-corrected chi connectivity index (χ2v) is 5.49. The average molecular weight is 239 g/mol. The summed E-state index contributed by atoms with van der Waals surface area (Å²) in [5, 5.41) is 9.07. The largest absolute Gasteiger partial charge is 0.480 e. The molecule has 4 atom stereocenters. The molecule has 2 aliphatic carbocycles. The molecule has 4 unspecified atom stereocenters. The fourth-order valence-corrected chi connectivity index (χ4v) is 3.58. The highest BCUT2D eigenvalue weighted by Crippen LogP contribution is 2.48. The number of carbonyl (C=O) groups is 2. The summed E-state index contributed by atoms with van der Waals surface area (Å²) in [6, 6.07) is -0.665. The van der Waals surface area contributed by atoms with E-state index in [9.17, 15) is 9.59 Å². The van der Waals surface area contributed by atoms with Gasteiger partial charge in [-0.25, -0.2) is 4.79 Å². The number of carboxylic acid groups (broad SMARTS) is 1. The molecule has 4 nitrogen and oxygen atoms in total. The number of carboxylic acids is 1. The van der Waals surface area contributed by atoms with Crippen LogP contribution >= 0.6 is 0 Å². The van der Waals surface area contributed by atoms with Gasteiger partial charge in [-0.1, -0.05) is 13.3 Å². The van der Waals surface area contributed by atoms with Crippen molar-refractivity contribution in [3.8, 4) is 0 Å². The van der Waals surface area contributed by atoms with Crippen LogP contribution in [0.2, 0.25) is 0 Å². The lowest BCUT2D eigenvalue weighted by atomic mass is 9.87. The molecule has 2 aliphatic rings. The maximum Gasteiger partial charge on any atom is 0.326 e. The predicted molar refractivity (Wildman–Crippen MR) is 63.4 cm³/mol. The van der Waals surface area contributed by atoms with E-state index in [2.05, 4.69) is 0 Å². The van der Waals surface area contributed by atoms with Gasteiger partial charge in [-0.2, -0.15) is 0 Å². The summed E-state index contributed by atoms with van der Waals surface area (Å²) in [4.78, 5) is 24.8. The van der Waals surface area contributed by atoms with E-state index in [1.165, 1.54) is 17.7 Å². The monoisotopic (exact) mass is 239 g/mol. The quantitative estimate of drug-likeness (QED) is 0.813. The zero-order valence-corrected chi connectivity index (χ0v) is 10.6. The lowest BCUT2D eigenvalue weighted by Crippen LogP contribution is -2.45. The Morgan fingerprint density at radius 2 is 2.06 bits per heavy atom. The molecular formula is C13H21NO3. The Kier molecular flexibility index (Phi) is 3.40. The van der Waals surface area contributed by atoms with Gasteiger partial charge in [0.2, 0.25) is 5.91 Å². The molecule has 0 aromatic carbocycles. The fourth-order valence-electron chi connectivity index (χ4n) is 3.58. The van der Waals surface area contributed by atoms with Crippen molar-refractivity contribution in [3.05, 3.63) is 0 Å². The molecular weight excluding hydrogens is 218 g/mol. The predicted octanol–water partition coefficient (Wildman–Crippen LogP) is 1.74. The maximum atomic E-state index is 12.3. The summed E-state index contributed by atoms with van der Waals surface area (Å²) in [5.74, 6) is 0.471. The second kappa shape index (κ2) is 4.67. The van der Waals surface area contributed by atoms with Crippen molar-refractivity contribution >= 4 is 11.9 Å². The van der Waals surface area contributed by atoms with Crippen LogP contribution in [0.4, 0.5) is 0 Å². The number of hydrogen-bond donors (Lipinski definition) is 1. The molecule has 1 amide bonds. The number of hydrogen-bond acceptors (Lipinski definition) is 2. The molecule has 4 heteroatoms. The van der Waals surface area contributed by atoms with Crippen molar-refractivity contribution in [2.75, 3.05) is 7.05 Å². The van der Waals surface area contributed by atoms with Crippen molar-refractivity contribution in [2.24, 2.45) is 17.8 Å². The van der Waals surface area contributed by atoms with Gasteiger partial charge < -0.3 is 10.0 Å². The summed E-state index contributed by atoms with van der Waals surface area (Å²) < 4.78 is 0. The van der Waals surface area contributed by atoms with Crippen LogP contribution in [-0.4, -0.2) is 35.0 Å². The molecule has 2 saturated carbocycles. The number of nitrogens with zero attached hydrogens (tertiary/aromatic N) is 1. The van der Waals surface area contributed by atoms with Crippen LogP contribution < -0.4 is 0 Å². The van der Waals surface area contributed by atoms with Crippen molar-refractivity contribution in [3.63, 3.8) is 0 Å². The van der Waals surface area contributed by atoms with E-state index >= 15 is 0 Å². The molecule has 1 N–H and O–H groups in total. The Hall–Kier alpha value is -1.06. The summed E-state index contributed by atoms with van der Waals surface area (Å²) in [5.41, 5.74) is 0. The molecule has 0 saturated heterocycles. The van der Waals surface area contributed by atoms with Crippen molar-refractivity contribution in [2.45, 2.75) is 45.1 Å². The minimum Gasteiger partial charge on any atom is -0.480 e. The zero-order chi connectivity index (χ0) is 12.6. The normalized spacial score (nSPS) is 32.5. The van der Waals surface area contributed by atoms with Crippen molar-refractivity contribution in [1.29, 1.82) is 0 Å². The first kappa shape index (κ1) is 12.4. The molecule has 2 rings (SSSR count). The number of fused-ring (bicyclic) bond motifs is 2. The summed E-state index contributed by atoms with van der Waals surface area (Å²) in [6.07, 6.45) is 5.03. The smallest absolute Gasteiger partial charge is 0.326 e. The van der Waals surface area contributed by atoms with Crippen LogP contribution in [-0.2, 0) is 9.59 Å². The van der Waals surface area contributed by atoms with Gasteiger partial charge in [0.15, 0.2) is 0 Å². The van der Waals surface area contributed by atoms with Gasteiger partial charge >= 0.3 is 5.97 Å². The van der Waals surface area contributed by atoms with Gasteiger partial charge in [-0.3, -0.25) is 4.79 Å². The van der Waals surface area contributed by atoms with Crippen LogP contribution in [0.5, 0.6) is 0 Å². The summed E-state index contributed by atoms with van der Waals surface area (Å²) in [6.45, 7) is 1.81. The number of rotatable bonds is 4. The van der Waals surface area contributed by atoms with Gasteiger partial charge in [0, 0.05) is 13.0 Å². The standard InChI is InChI=1S/C13H21NO3/c1-3-11(13(16)17)14(2)12(15)10-7-8-4-5-9(10)6-8/h8-11H,3-7H2,1-2H3,(H,16,17). The van der Waals surface area contributed by atoms with Gasteiger partial charge in [-0.05, 0) is 37.5 Å². The minimum atomic E-state index is -0.897. The Labute approximate surface area is 102 Å². The molecule has 96 valence electrons. The summed E-state index contributed by atoms with van der Waals surface area (Å²) >= 11 is 0. The lowest BCUT2D eigenvalue weighted by Gasteiger charge is -2.30. The fraction of sp³-hybridized carbons (Fsp3) is 0.846. The van der Waals surface area contributed by atoms with Crippen LogP contribution in [0.1, 0.15) is 39.0 Å². The molecule has 0 heterocycles. The third-order valence-electron chi connectivity index (χ3n) is 4.54. The van der Waals surface area contributed by atoms with Crippen molar-refractivity contribution in [1.82, 2.24) is 4.90 Å². The molecule has 0 spiro atoms. The molecule has 17 heavy (non-hydrogen) atoms. The SMILES string of the molecule is CCC(C(=O)O)N(C)C(=O)C1CC2CCC1C2. The Balaban J connectivity index is 2.02. The van der Waals surface area contributed by atoms with Crippen molar-refractivity contribution < 1.29 is 14.7 Å². The molecule has 0 aromatic rings. The van der Waals surface area contributed by atoms with Gasteiger partial charge in [0.25, 0.3) is 0 Å². The van der Waals surface area contributed by atoms with Gasteiger partial charge in [0.05, 0.1) is 0 Å². The number of carbonyl (C=O) groups excluding carboxylic acids is 1. The van der Waals surface area contributed by atoms with E-state index in [4.69, 9.17) is 5.11 Å². The Morgan fingerprint density at radius 1 is 1.35 bits per heavy atom. The maximum absolute atomic E-state index is 12.3. The van der Waals surface area contributed by atoms with Gasteiger partial charge in [0.1, 0.15) is 6.04 Å².